The second-order valence-electron chi connectivity index (χ2n) is 5.15. The number of anilines is 1. The summed E-state index contributed by atoms with van der Waals surface area (Å²) >= 11 is 0. The van der Waals surface area contributed by atoms with Crippen LogP contribution in [0.25, 0.3) is 0 Å². The topological polar surface area (TPSA) is 93.1 Å². The summed E-state index contributed by atoms with van der Waals surface area (Å²) in [6.07, 6.45) is 5.41. The monoisotopic (exact) mass is 314 g/mol. The summed E-state index contributed by atoms with van der Waals surface area (Å²) in [6.45, 7) is 2.06. The van der Waals surface area contributed by atoms with E-state index in [4.69, 9.17) is 4.74 Å². The zero-order valence-electron chi connectivity index (χ0n) is 12.9. The van der Waals surface area contributed by atoms with E-state index in [2.05, 4.69) is 30.2 Å². The molecule has 0 unspecified atom stereocenters. The molecule has 0 saturated carbocycles. The molecule has 3 rings (SSSR count). The molecule has 8 nitrogen and oxygen atoms in total. The molecule has 1 fully saturated rings. The van der Waals surface area contributed by atoms with E-state index in [9.17, 15) is 4.79 Å². The standard InChI is InChI=1S/C15H18N6O2/c1-23-15-19-12(18-14(20-15)21-8-2-3-9-21)10-17-13(22)11-4-6-16-7-5-11/h4-7H,2-3,8-10H2,1H3,(H,17,22). The van der Waals surface area contributed by atoms with Crippen molar-refractivity contribution in [2.75, 3.05) is 25.1 Å². The van der Waals surface area contributed by atoms with Crippen molar-refractivity contribution in [2.45, 2.75) is 19.4 Å². The average Bonchev–Trinajstić information content (AvgIpc) is 3.15. The number of aromatic nitrogens is 4. The van der Waals surface area contributed by atoms with E-state index in [1.54, 1.807) is 24.5 Å². The molecule has 1 N–H and O–H groups in total. The van der Waals surface area contributed by atoms with Gasteiger partial charge in [0.05, 0.1) is 13.7 Å². The number of nitrogens with one attached hydrogen (secondary N) is 1. The lowest BCUT2D eigenvalue weighted by Crippen LogP contribution is -2.26. The highest BCUT2D eigenvalue weighted by Gasteiger charge is 2.18. The van der Waals surface area contributed by atoms with Gasteiger partial charge < -0.3 is 15.0 Å². The molecule has 2 aromatic heterocycles. The van der Waals surface area contributed by atoms with E-state index in [0.717, 1.165) is 25.9 Å². The van der Waals surface area contributed by atoms with Gasteiger partial charge in [-0.25, -0.2) is 0 Å². The molecule has 0 aromatic carbocycles. The van der Waals surface area contributed by atoms with Gasteiger partial charge in [-0.05, 0) is 25.0 Å². The Kier molecular flexibility index (Phi) is 4.60. The molecule has 1 saturated heterocycles. The summed E-state index contributed by atoms with van der Waals surface area (Å²) in [5.41, 5.74) is 0.542. The number of rotatable bonds is 5. The van der Waals surface area contributed by atoms with Crippen molar-refractivity contribution in [3.63, 3.8) is 0 Å². The Bertz CT molecular complexity index is 673. The molecular weight excluding hydrogens is 296 g/mol. The number of hydrogen-bond acceptors (Lipinski definition) is 7. The van der Waals surface area contributed by atoms with Crippen LogP contribution in [0.1, 0.15) is 29.0 Å². The first-order chi connectivity index (χ1) is 11.3. The number of hydrogen-bond donors (Lipinski definition) is 1. The van der Waals surface area contributed by atoms with Gasteiger partial charge in [0.15, 0.2) is 5.82 Å². The predicted molar refractivity (Wildman–Crippen MR) is 83.2 cm³/mol. The maximum atomic E-state index is 12.1. The predicted octanol–water partition coefficient (Wildman–Crippen LogP) is 0.805. The Hall–Kier alpha value is -2.77. The largest absolute Gasteiger partial charge is 0.467 e. The van der Waals surface area contributed by atoms with E-state index in [1.807, 2.05) is 0 Å². The van der Waals surface area contributed by atoms with Gasteiger partial charge in [0.1, 0.15) is 0 Å². The van der Waals surface area contributed by atoms with Crippen LogP contribution < -0.4 is 15.0 Å². The van der Waals surface area contributed by atoms with Crippen LogP contribution in [-0.2, 0) is 6.54 Å². The summed E-state index contributed by atoms with van der Waals surface area (Å²) in [5, 5.41) is 2.79. The van der Waals surface area contributed by atoms with Crippen molar-refractivity contribution in [1.82, 2.24) is 25.3 Å². The molecule has 0 spiro atoms. The average molecular weight is 314 g/mol. The zero-order valence-corrected chi connectivity index (χ0v) is 12.9. The number of methoxy groups -OCH3 is 1. The van der Waals surface area contributed by atoms with Crippen LogP contribution in [0.3, 0.4) is 0 Å². The van der Waals surface area contributed by atoms with Crippen LogP contribution in [0.4, 0.5) is 5.95 Å². The van der Waals surface area contributed by atoms with E-state index in [-0.39, 0.29) is 18.5 Å². The Morgan fingerprint density at radius 2 is 1.96 bits per heavy atom. The summed E-state index contributed by atoms with van der Waals surface area (Å²) < 4.78 is 5.14. The minimum Gasteiger partial charge on any atom is -0.467 e. The van der Waals surface area contributed by atoms with Gasteiger partial charge in [-0.2, -0.15) is 15.0 Å². The van der Waals surface area contributed by atoms with Crippen molar-refractivity contribution >= 4 is 11.9 Å². The molecule has 0 atom stereocenters. The SMILES string of the molecule is COc1nc(CNC(=O)c2ccncc2)nc(N2CCCC2)n1. The molecule has 0 bridgehead atoms. The minimum atomic E-state index is -0.200. The molecule has 0 radical (unpaired) electrons. The third kappa shape index (κ3) is 3.71. The minimum absolute atomic E-state index is 0.200. The molecular formula is C15H18N6O2. The maximum Gasteiger partial charge on any atom is 0.321 e. The van der Waals surface area contributed by atoms with Gasteiger partial charge in [0.2, 0.25) is 5.95 Å². The van der Waals surface area contributed by atoms with Crippen LogP contribution in [0.2, 0.25) is 0 Å². The fourth-order valence-electron chi connectivity index (χ4n) is 2.38. The van der Waals surface area contributed by atoms with Crippen molar-refractivity contribution in [3.8, 4) is 6.01 Å². The van der Waals surface area contributed by atoms with Gasteiger partial charge in [-0.3, -0.25) is 9.78 Å². The number of carbonyl (C=O) groups is 1. The number of nitrogens with zero attached hydrogens (tertiary/aromatic N) is 5. The van der Waals surface area contributed by atoms with E-state index in [0.29, 0.717) is 17.3 Å². The second kappa shape index (κ2) is 6.99. The highest BCUT2D eigenvalue weighted by Crippen LogP contribution is 2.17. The molecule has 0 aliphatic carbocycles. The van der Waals surface area contributed by atoms with Gasteiger partial charge in [0, 0.05) is 31.0 Å². The fourth-order valence-corrected chi connectivity index (χ4v) is 2.38. The first-order valence-electron chi connectivity index (χ1n) is 7.48. The van der Waals surface area contributed by atoms with Crippen molar-refractivity contribution in [1.29, 1.82) is 0 Å². The lowest BCUT2D eigenvalue weighted by atomic mass is 10.2. The van der Waals surface area contributed by atoms with Crippen LogP contribution >= 0.6 is 0 Å². The summed E-state index contributed by atoms with van der Waals surface area (Å²) in [4.78, 5) is 30.9. The molecule has 120 valence electrons. The molecule has 8 heteroatoms. The van der Waals surface area contributed by atoms with Crippen LogP contribution in [0.5, 0.6) is 6.01 Å². The maximum absolute atomic E-state index is 12.1. The lowest BCUT2D eigenvalue weighted by Gasteiger charge is -2.16. The van der Waals surface area contributed by atoms with Crippen LogP contribution in [0.15, 0.2) is 24.5 Å². The Morgan fingerprint density at radius 3 is 2.65 bits per heavy atom. The second-order valence-corrected chi connectivity index (χ2v) is 5.15. The van der Waals surface area contributed by atoms with Crippen LogP contribution in [0, 0.1) is 0 Å². The Balaban J connectivity index is 1.71. The Morgan fingerprint density at radius 1 is 1.22 bits per heavy atom. The van der Waals surface area contributed by atoms with Gasteiger partial charge in [-0.1, -0.05) is 0 Å². The Labute approximate surface area is 134 Å². The molecule has 1 aliphatic rings. The smallest absolute Gasteiger partial charge is 0.321 e. The third-order valence-electron chi connectivity index (χ3n) is 3.57. The van der Waals surface area contributed by atoms with E-state index < -0.39 is 0 Å². The quantitative estimate of drug-likeness (QED) is 0.872. The van der Waals surface area contributed by atoms with Gasteiger partial charge in [0.25, 0.3) is 5.91 Å². The fraction of sp³-hybridized carbons (Fsp3) is 0.400. The summed E-state index contributed by atoms with van der Waals surface area (Å²) in [6, 6.07) is 3.56. The lowest BCUT2D eigenvalue weighted by molar-refractivity contribution is 0.0949. The van der Waals surface area contributed by atoms with Crippen LogP contribution in [-0.4, -0.2) is 46.0 Å². The van der Waals surface area contributed by atoms with Crippen molar-refractivity contribution in [3.05, 3.63) is 35.9 Å². The van der Waals surface area contributed by atoms with Crippen molar-refractivity contribution in [2.24, 2.45) is 0 Å². The molecule has 3 heterocycles. The van der Waals surface area contributed by atoms with E-state index in [1.165, 1.54) is 7.11 Å². The number of carbonyl (C=O) groups excluding carboxylic acids is 1. The van der Waals surface area contributed by atoms with Gasteiger partial charge >= 0.3 is 6.01 Å². The molecule has 1 amide bonds. The number of pyridine rings is 1. The van der Waals surface area contributed by atoms with Gasteiger partial charge in [-0.15, -0.1) is 0 Å². The zero-order chi connectivity index (χ0) is 16.1. The van der Waals surface area contributed by atoms with E-state index >= 15 is 0 Å². The normalized spacial score (nSPS) is 13.9. The molecule has 23 heavy (non-hydrogen) atoms. The number of amides is 1. The molecule has 1 aliphatic heterocycles. The molecule has 2 aromatic rings. The highest BCUT2D eigenvalue weighted by molar-refractivity contribution is 5.93. The first-order valence-corrected chi connectivity index (χ1v) is 7.48. The summed E-state index contributed by atoms with van der Waals surface area (Å²) in [5.74, 6) is 0.873. The highest BCUT2D eigenvalue weighted by atomic mass is 16.5. The summed E-state index contributed by atoms with van der Waals surface area (Å²) in [7, 11) is 1.52. The number of ether oxygens (including phenoxy) is 1. The third-order valence-corrected chi connectivity index (χ3v) is 3.57. The van der Waals surface area contributed by atoms with Crippen molar-refractivity contribution < 1.29 is 9.53 Å². The first kappa shape index (κ1) is 15.1.